The molecule has 0 aliphatic carbocycles. The number of rotatable bonds is 9. The van der Waals surface area contributed by atoms with Gasteiger partial charge in [0.2, 0.25) is 0 Å². The van der Waals surface area contributed by atoms with Crippen LogP contribution < -0.4 is 10.1 Å². The van der Waals surface area contributed by atoms with Gasteiger partial charge in [-0.3, -0.25) is 10.1 Å². The summed E-state index contributed by atoms with van der Waals surface area (Å²) in [5.74, 6) is 1.03. The lowest BCUT2D eigenvalue weighted by Gasteiger charge is -2.10. The minimum Gasteiger partial charge on any atom is -0.484 e. The van der Waals surface area contributed by atoms with Crippen LogP contribution in [0.4, 0.5) is 5.13 Å². The average molecular weight is 397 g/mol. The summed E-state index contributed by atoms with van der Waals surface area (Å²) in [6.45, 7) is 6.54. The molecular formula is C23H28N2O2S. The molecule has 3 aromatic rings. The SMILES string of the molecule is CCCCc1ccc2nc(NC(=O)COc3ccc([C@H](C)CC)cc3)sc2c1. The molecule has 0 bridgehead atoms. The lowest BCUT2D eigenvalue weighted by molar-refractivity contribution is -0.118. The smallest absolute Gasteiger partial charge is 0.264 e. The van der Waals surface area contributed by atoms with E-state index in [0.29, 0.717) is 16.8 Å². The van der Waals surface area contributed by atoms with Crippen molar-refractivity contribution < 1.29 is 9.53 Å². The van der Waals surface area contributed by atoms with E-state index < -0.39 is 0 Å². The number of nitrogens with zero attached hydrogens (tertiary/aromatic N) is 1. The summed E-state index contributed by atoms with van der Waals surface area (Å²) in [6, 6.07) is 14.3. The first kappa shape index (κ1) is 20.3. The Morgan fingerprint density at radius 2 is 1.96 bits per heavy atom. The molecule has 0 radical (unpaired) electrons. The van der Waals surface area contributed by atoms with Gasteiger partial charge in [0, 0.05) is 0 Å². The number of ether oxygens (including phenoxy) is 1. The topological polar surface area (TPSA) is 51.2 Å². The maximum Gasteiger partial charge on any atom is 0.264 e. The van der Waals surface area contributed by atoms with Crippen LogP contribution in [0.15, 0.2) is 42.5 Å². The molecule has 1 amide bonds. The molecule has 0 unspecified atom stereocenters. The van der Waals surface area contributed by atoms with Crippen LogP contribution in [-0.2, 0) is 11.2 Å². The minimum atomic E-state index is -0.198. The molecule has 5 heteroatoms. The van der Waals surface area contributed by atoms with Gasteiger partial charge in [0.1, 0.15) is 5.75 Å². The van der Waals surface area contributed by atoms with E-state index in [0.717, 1.165) is 23.1 Å². The average Bonchev–Trinajstić information content (AvgIpc) is 3.11. The normalized spacial score (nSPS) is 12.1. The second-order valence-corrected chi connectivity index (χ2v) is 8.17. The number of nitrogens with one attached hydrogen (secondary N) is 1. The monoisotopic (exact) mass is 396 g/mol. The maximum atomic E-state index is 12.2. The first-order valence-electron chi connectivity index (χ1n) is 10.0. The predicted molar refractivity (Wildman–Crippen MR) is 118 cm³/mol. The second kappa shape index (κ2) is 9.69. The number of unbranched alkanes of at least 4 members (excludes halogenated alkanes) is 1. The van der Waals surface area contributed by atoms with Gasteiger partial charge in [-0.25, -0.2) is 4.98 Å². The molecule has 2 aromatic carbocycles. The minimum absolute atomic E-state index is 0.0274. The Labute approximate surface area is 171 Å². The summed E-state index contributed by atoms with van der Waals surface area (Å²) in [7, 11) is 0. The van der Waals surface area contributed by atoms with E-state index in [9.17, 15) is 4.79 Å². The van der Waals surface area contributed by atoms with Crippen LogP contribution in [0.1, 0.15) is 57.1 Å². The van der Waals surface area contributed by atoms with Crippen molar-refractivity contribution in [1.82, 2.24) is 4.98 Å². The van der Waals surface area contributed by atoms with E-state index in [1.165, 1.54) is 35.3 Å². The first-order valence-corrected chi connectivity index (χ1v) is 10.8. The number of benzene rings is 2. The van der Waals surface area contributed by atoms with Crippen LogP contribution in [0.3, 0.4) is 0 Å². The Bertz CT molecular complexity index is 918. The fraction of sp³-hybridized carbons (Fsp3) is 0.391. The third kappa shape index (κ3) is 5.32. The van der Waals surface area contributed by atoms with Gasteiger partial charge in [0.15, 0.2) is 11.7 Å². The largest absolute Gasteiger partial charge is 0.484 e. The van der Waals surface area contributed by atoms with Crippen molar-refractivity contribution in [2.45, 2.75) is 52.4 Å². The lowest BCUT2D eigenvalue weighted by Crippen LogP contribution is -2.20. The Morgan fingerprint density at radius 1 is 1.18 bits per heavy atom. The number of aromatic nitrogens is 1. The van der Waals surface area contributed by atoms with Gasteiger partial charge < -0.3 is 4.74 Å². The standard InChI is InChI=1S/C23H28N2O2S/c1-4-6-7-17-8-13-20-21(14-17)28-23(24-20)25-22(26)15-27-19-11-9-18(10-12-19)16(3)5-2/h8-14,16H,4-7,15H2,1-3H3,(H,24,25,26)/t16-/m1/s1. The molecule has 1 heterocycles. The zero-order valence-electron chi connectivity index (χ0n) is 16.8. The van der Waals surface area contributed by atoms with Crippen LogP contribution in [0.2, 0.25) is 0 Å². The number of fused-ring (bicyclic) bond motifs is 1. The lowest BCUT2D eigenvalue weighted by atomic mass is 9.99. The highest BCUT2D eigenvalue weighted by atomic mass is 32.1. The van der Waals surface area contributed by atoms with E-state index in [2.05, 4.69) is 55.3 Å². The van der Waals surface area contributed by atoms with E-state index in [1.807, 2.05) is 18.2 Å². The second-order valence-electron chi connectivity index (χ2n) is 7.14. The Kier molecular flexibility index (Phi) is 7.04. The van der Waals surface area contributed by atoms with Crippen LogP contribution in [-0.4, -0.2) is 17.5 Å². The Morgan fingerprint density at radius 3 is 2.68 bits per heavy atom. The number of amides is 1. The van der Waals surface area contributed by atoms with Gasteiger partial charge in [-0.1, -0.05) is 56.7 Å². The molecule has 0 saturated heterocycles. The van der Waals surface area contributed by atoms with E-state index in [4.69, 9.17) is 4.74 Å². The highest BCUT2D eigenvalue weighted by molar-refractivity contribution is 7.22. The van der Waals surface area contributed by atoms with Crippen LogP contribution >= 0.6 is 11.3 Å². The van der Waals surface area contributed by atoms with Crippen molar-refractivity contribution in [3.8, 4) is 5.75 Å². The number of thiazole rings is 1. The van der Waals surface area contributed by atoms with Crippen molar-refractivity contribution in [3.05, 3.63) is 53.6 Å². The quantitative estimate of drug-likeness (QED) is 0.470. The van der Waals surface area contributed by atoms with E-state index in [-0.39, 0.29) is 12.5 Å². The summed E-state index contributed by atoms with van der Waals surface area (Å²) in [5, 5.41) is 3.46. The molecule has 28 heavy (non-hydrogen) atoms. The highest BCUT2D eigenvalue weighted by Crippen LogP contribution is 2.27. The van der Waals surface area contributed by atoms with Crippen LogP contribution in [0, 0.1) is 0 Å². The zero-order chi connectivity index (χ0) is 19.9. The Balaban J connectivity index is 1.55. The summed E-state index contributed by atoms with van der Waals surface area (Å²) in [5.41, 5.74) is 3.52. The molecule has 1 N–H and O–H groups in total. The zero-order valence-corrected chi connectivity index (χ0v) is 17.6. The fourth-order valence-electron chi connectivity index (χ4n) is 2.99. The first-order chi connectivity index (χ1) is 13.6. The molecule has 0 spiro atoms. The summed E-state index contributed by atoms with van der Waals surface area (Å²) >= 11 is 1.50. The van der Waals surface area contributed by atoms with Gasteiger partial charge in [-0.15, -0.1) is 0 Å². The number of hydrogen-bond donors (Lipinski definition) is 1. The Hall–Kier alpha value is -2.40. The van der Waals surface area contributed by atoms with Crippen molar-refractivity contribution in [1.29, 1.82) is 0 Å². The third-order valence-electron chi connectivity index (χ3n) is 4.95. The van der Waals surface area contributed by atoms with Gasteiger partial charge in [0.05, 0.1) is 10.2 Å². The molecule has 1 atom stereocenters. The fourth-order valence-corrected chi connectivity index (χ4v) is 3.94. The maximum absolute atomic E-state index is 12.2. The summed E-state index contributed by atoms with van der Waals surface area (Å²) in [6.07, 6.45) is 4.55. The summed E-state index contributed by atoms with van der Waals surface area (Å²) < 4.78 is 6.71. The van der Waals surface area contributed by atoms with Gasteiger partial charge in [-0.05, 0) is 60.6 Å². The number of carbonyl (C=O) groups excluding carboxylic acids is 1. The van der Waals surface area contributed by atoms with Crippen molar-refractivity contribution >= 4 is 32.6 Å². The molecule has 4 nitrogen and oxygen atoms in total. The van der Waals surface area contributed by atoms with Gasteiger partial charge >= 0.3 is 0 Å². The third-order valence-corrected chi connectivity index (χ3v) is 5.88. The summed E-state index contributed by atoms with van der Waals surface area (Å²) in [4.78, 5) is 16.7. The van der Waals surface area contributed by atoms with Crippen molar-refractivity contribution in [2.24, 2.45) is 0 Å². The van der Waals surface area contributed by atoms with E-state index in [1.54, 1.807) is 0 Å². The molecule has 0 saturated carbocycles. The van der Waals surface area contributed by atoms with Gasteiger partial charge in [-0.2, -0.15) is 0 Å². The molecule has 0 aliphatic heterocycles. The molecule has 0 aliphatic rings. The number of anilines is 1. The van der Waals surface area contributed by atoms with E-state index >= 15 is 0 Å². The predicted octanol–water partition coefficient (Wildman–Crippen LogP) is 6.17. The molecule has 1 aromatic heterocycles. The van der Waals surface area contributed by atoms with Crippen molar-refractivity contribution in [2.75, 3.05) is 11.9 Å². The molecular weight excluding hydrogens is 368 g/mol. The number of aryl methyl sites for hydroxylation is 1. The van der Waals surface area contributed by atoms with Crippen LogP contribution in [0.25, 0.3) is 10.2 Å². The molecule has 3 rings (SSSR count). The molecule has 148 valence electrons. The highest BCUT2D eigenvalue weighted by Gasteiger charge is 2.10. The number of hydrogen-bond acceptors (Lipinski definition) is 4. The van der Waals surface area contributed by atoms with Crippen molar-refractivity contribution in [3.63, 3.8) is 0 Å². The van der Waals surface area contributed by atoms with Crippen LogP contribution in [0.5, 0.6) is 5.75 Å². The molecule has 0 fully saturated rings. The number of carbonyl (C=O) groups is 1. The van der Waals surface area contributed by atoms with Gasteiger partial charge in [0.25, 0.3) is 5.91 Å².